The van der Waals surface area contributed by atoms with Crippen molar-refractivity contribution in [1.29, 1.82) is 0 Å². The topological polar surface area (TPSA) is 64.0 Å². The van der Waals surface area contributed by atoms with Crippen LogP contribution in [-0.4, -0.2) is 15.5 Å². The second-order valence-electron chi connectivity index (χ2n) is 8.27. The third kappa shape index (κ3) is 3.86. The van der Waals surface area contributed by atoms with Crippen molar-refractivity contribution in [1.82, 2.24) is 9.55 Å². The molecule has 1 unspecified atom stereocenters. The maximum Gasteiger partial charge on any atom is 0.263 e. The van der Waals surface area contributed by atoms with Gasteiger partial charge in [0.2, 0.25) is 5.91 Å². The van der Waals surface area contributed by atoms with E-state index in [4.69, 9.17) is 0 Å². The molecule has 0 bridgehead atoms. The molecule has 6 heteroatoms. The Bertz CT molecular complexity index is 1360. The molecule has 5 nitrogen and oxygen atoms in total. The van der Waals surface area contributed by atoms with Gasteiger partial charge in [0.05, 0.1) is 11.7 Å². The fraction of sp³-hybridized carbons (Fsp3) is 0.269. The van der Waals surface area contributed by atoms with Crippen LogP contribution in [0.25, 0.3) is 21.3 Å². The van der Waals surface area contributed by atoms with Crippen molar-refractivity contribution in [2.75, 3.05) is 5.32 Å². The number of thiophene rings is 1. The maximum atomic E-state index is 13.6. The van der Waals surface area contributed by atoms with Gasteiger partial charge in [-0.1, -0.05) is 43.3 Å². The number of benzene rings is 2. The normalized spacial score (nSPS) is 12.2. The highest BCUT2D eigenvalue weighted by Crippen LogP contribution is 2.32. The first-order valence-electron chi connectivity index (χ1n) is 10.7. The predicted octanol–water partition coefficient (Wildman–Crippen LogP) is 5.95. The zero-order valence-corrected chi connectivity index (χ0v) is 19.8. The fourth-order valence-electron chi connectivity index (χ4n) is 4.02. The highest BCUT2D eigenvalue weighted by Gasteiger charge is 2.23. The number of fused-ring (bicyclic) bond motifs is 1. The summed E-state index contributed by atoms with van der Waals surface area (Å²) in [5.41, 5.74) is 6.82. The van der Waals surface area contributed by atoms with Crippen LogP contribution in [0.1, 0.15) is 41.6 Å². The van der Waals surface area contributed by atoms with Crippen LogP contribution >= 0.6 is 11.3 Å². The van der Waals surface area contributed by atoms with Gasteiger partial charge in [-0.15, -0.1) is 11.3 Å². The summed E-state index contributed by atoms with van der Waals surface area (Å²) in [6, 6.07) is 11.4. The van der Waals surface area contributed by atoms with Crippen LogP contribution in [0.4, 0.5) is 5.69 Å². The molecular formula is C26H27N3O2S. The summed E-state index contributed by atoms with van der Waals surface area (Å²) in [7, 11) is 0. The third-order valence-corrected chi connectivity index (χ3v) is 6.98. The van der Waals surface area contributed by atoms with E-state index < -0.39 is 6.04 Å². The SMILES string of the molecule is CCC(C(=O)Nc1c(C)cccc1C)n1cnc2scc(-c3ccc(C)c(C)c3)c2c1=O. The quantitative estimate of drug-likeness (QED) is 0.413. The molecule has 0 fully saturated rings. The van der Waals surface area contributed by atoms with E-state index in [-0.39, 0.29) is 11.5 Å². The molecule has 1 amide bonds. The Labute approximate surface area is 191 Å². The predicted molar refractivity (Wildman–Crippen MR) is 133 cm³/mol. The molecule has 4 rings (SSSR count). The molecule has 1 atom stereocenters. The lowest BCUT2D eigenvalue weighted by Crippen LogP contribution is -2.33. The first-order valence-corrected chi connectivity index (χ1v) is 11.6. The number of nitrogens with one attached hydrogen (secondary N) is 1. The Balaban J connectivity index is 1.78. The second-order valence-corrected chi connectivity index (χ2v) is 9.12. The Kier molecular flexibility index (Phi) is 5.98. The van der Waals surface area contributed by atoms with Crippen LogP contribution in [0.3, 0.4) is 0 Å². The summed E-state index contributed by atoms with van der Waals surface area (Å²) >= 11 is 1.45. The smallest absolute Gasteiger partial charge is 0.263 e. The van der Waals surface area contributed by atoms with Crippen LogP contribution in [0.15, 0.2) is 52.9 Å². The minimum Gasteiger partial charge on any atom is -0.324 e. The summed E-state index contributed by atoms with van der Waals surface area (Å²) in [5, 5.41) is 5.58. The number of carbonyl (C=O) groups excluding carboxylic acids is 1. The molecule has 0 spiro atoms. The zero-order chi connectivity index (χ0) is 23.0. The van der Waals surface area contributed by atoms with Crippen molar-refractivity contribution in [3.63, 3.8) is 0 Å². The van der Waals surface area contributed by atoms with Crippen molar-refractivity contribution >= 4 is 33.1 Å². The van der Waals surface area contributed by atoms with Gasteiger partial charge in [0.25, 0.3) is 5.56 Å². The Hall–Kier alpha value is -3.25. The van der Waals surface area contributed by atoms with E-state index >= 15 is 0 Å². The van der Waals surface area contributed by atoms with E-state index in [1.165, 1.54) is 33.4 Å². The number of nitrogens with zero attached hydrogens (tertiary/aromatic N) is 2. The number of aryl methyl sites for hydroxylation is 4. The van der Waals surface area contributed by atoms with Gasteiger partial charge in [-0.25, -0.2) is 4.98 Å². The summed E-state index contributed by atoms with van der Waals surface area (Å²) in [6.07, 6.45) is 1.98. The third-order valence-electron chi connectivity index (χ3n) is 6.09. The van der Waals surface area contributed by atoms with Gasteiger partial charge in [-0.3, -0.25) is 14.2 Å². The van der Waals surface area contributed by atoms with E-state index in [1.54, 1.807) is 0 Å². The molecule has 0 aliphatic rings. The van der Waals surface area contributed by atoms with Crippen LogP contribution < -0.4 is 10.9 Å². The van der Waals surface area contributed by atoms with Crippen molar-refractivity contribution in [3.8, 4) is 11.1 Å². The highest BCUT2D eigenvalue weighted by atomic mass is 32.1. The average Bonchev–Trinajstić information content (AvgIpc) is 3.20. The minimum absolute atomic E-state index is 0.187. The molecule has 32 heavy (non-hydrogen) atoms. The second kappa shape index (κ2) is 8.71. The van der Waals surface area contributed by atoms with Gasteiger partial charge in [-0.2, -0.15) is 0 Å². The molecule has 0 radical (unpaired) electrons. The van der Waals surface area contributed by atoms with Crippen LogP contribution in [0.2, 0.25) is 0 Å². The molecule has 164 valence electrons. The number of anilines is 1. The molecule has 0 saturated heterocycles. The van der Waals surface area contributed by atoms with Crippen molar-refractivity contribution < 1.29 is 4.79 Å². The number of amides is 1. The standard InChI is InChI=1S/C26H27N3O2S/c1-6-21(24(30)28-23-16(3)8-7-9-17(23)4)29-14-27-25-22(26(29)31)20(13-32-25)19-11-10-15(2)18(5)12-19/h7-14,21H,6H2,1-5H3,(H,28,30). The molecule has 2 aromatic heterocycles. The lowest BCUT2D eigenvalue weighted by Gasteiger charge is -2.19. The number of para-hydroxylation sites is 1. The Morgan fingerprint density at radius 2 is 1.78 bits per heavy atom. The highest BCUT2D eigenvalue weighted by molar-refractivity contribution is 7.17. The zero-order valence-electron chi connectivity index (χ0n) is 19.0. The van der Waals surface area contributed by atoms with E-state index in [9.17, 15) is 9.59 Å². The summed E-state index contributed by atoms with van der Waals surface area (Å²) < 4.78 is 1.47. The average molecular weight is 446 g/mol. The molecule has 0 aliphatic heterocycles. The molecule has 2 heterocycles. The first-order chi connectivity index (χ1) is 15.3. The van der Waals surface area contributed by atoms with Crippen LogP contribution in [-0.2, 0) is 4.79 Å². The molecule has 4 aromatic rings. The number of hydrogen-bond donors (Lipinski definition) is 1. The Morgan fingerprint density at radius 3 is 2.44 bits per heavy atom. The lowest BCUT2D eigenvalue weighted by molar-refractivity contribution is -0.119. The monoisotopic (exact) mass is 445 g/mol. The number of aromatic nitrogens is 2. The lowest BCUT2D eigenvalue weighted by atomic mass is 10.0. The molecule has 0 saturated carbocycles. The van der Waals surface area contributed by atoms with Crippen LogP contribution in [0.5, 0.6) is 0 Å². The number of rotatable bonds is 5. The van der Waals surface area contributed by atoms with E-state index in [1.807, 2.05) is 50.4 Å². The maximum absolute atomic E-state index is 13.6. The van der Waals surface area contributed by atoms with Crippen molar-refractivity contribution in [3.05, 3.63) is 80.7 Å². The first kappa shape index (κ1) is 22.0. The fourth-order valence-corrected chi connectivity index (χ4v) is 4.92. The van der Waals surface area contributed by atoms with Crippen LogP contribution in [0, 0.1) is 27.7 Å². The van der Waals surface area contributed by atoms with Gasteiger partial charge >= 0.3 is 0 Å². The molecular weight excluding hydrogens is 418 g/mol. The van der Waals surface area contributed by atoms with E-state index in [0.29, 0.717) is 16.6 Å². The van der Waals surface area contributed by atoms with Crippen molar-refractivity contribution in [2.45, 2.75) is 47.1 Å². The molecule has 0 aliphatic carbocycles. The number of carbonyl (C=O) groups is 1. The number of hydrogen-bond acceptors (Lipinski definition) is 4. The molecule has 1 N–H and O–H groups in total. The van der Waals surface area contributed by atoms with Crippen molar-refractivity contribution in [2.24, 2.45) is 0 Å². The van der Waals surface area contributed by atoms with E-state index in [0.717, 1.165) is 27.9 Å². The Morgan fingerprint density at radius 1 is 1.06 bits per heavy atom. The minimum atomic E-state index is -0.647. The summed E-state index contributed by atoms with van der Waals surface area (Å²) in [4.78, 5) is 32.0. The largest absolute Gasteiger partial charge is 0.324 e. The van der Waals surface area contributed by atoms with E-state index in [2.05, 4.69) is 36.3 Å². The summed E-state index contributed by atoms with van der Waals surface area (Å²) in [5.74, 6) is -0.212. The molecule has 2 aromatic carbocycles. The van der Waals surface area contributed by atoms with Gasteiger partial charge in [0.1, 0.15) is 10.9 Å². The van der Waals surface area contributed by atoms with Gasteiger partial charge in [-0.05, 0) is 61.9 Å². The van der Waals surface area contributed by atoms with Gasteiger partial charge in [0, 0.05) is 16.6 Å². The van der Waals surface area contributed by atoms with Gasteiger partial charge < -0.3 is 5.32 Å². The van der Waals surface area contributed by atoms with Gasteiger partial charge in [0.15, 0.2) is 0 Å². The summed E-state index contributed by atoms with van der Waals surface area (Å²) in [6.45, 7) is 9.97.